The predicted molar refractivity (Wildman–Crippen MR) is 104 cm³/mol. The molecule has 1 aromatic heterocycles. The van der Waals surface area contributed by atoms with E-state index in [0.717, 1.165) is 12.0 Å². The van der Waals surface area contributed by atoms with Crippen molar-refractivity contribution in [2.24, 2.45) is 0 Å². The topological polar surface area (TPSA) is 20.2 Å². The van der Waals surface area contributed by atoms with Crippen LogP contribution in [0.4, 0.5) is 0 Å². The Labute approximate surface area is 151 Å². The molecule has 1 unspecified atom stereocenters. The van der Waals surface area contributed by atoms with Gasteiger partial charge in [0, 0.05) is 20.5 Å². The second-order valence-electron chi connectivity index (χ2n) is 6.86. The van der Waals surface area contributed by atoms with Gasteiger partial charge in [-0.05, 0) is 60.5 Å². The quantitative estimate of drug-likeness (QED) is 0.570. The smallest absolute Gasteiger partial charge is 0.0843 e. The maximum atomic E-state index is 10.6. The largest absolute Gasteiger partial charge is 0.386 e. The highest BCUT2D eigenvalue weighted by Gasteiger charge is 2.29. The number of halogens is 1. The third-order valence-electron chi connectivity index (χ3n) is 4.69. The van der Waals surface area contributed by atoms with Crippen molar-refractivity contribution < 1.29 is 5.11 Å². The summed E-state index contributed by atoms with van der Waals surface area (Å²) < 4.78 is 1.32. The lowest BCUT2D eigenvalue weighted by molar-refractivity contribution is 0.0774. The summed E-state index contributed by atoms with van der Waals surface area (Å²) in [5.74, 6) is 0.265. The molecule has 0 spiro atoms. The van der Waals surface area contributed by atoms with Crippen LogP contribution in [0, 0.1) is 0 Å². The molecule has 0 radical (unpaired) electrons. The highest BCUT2D eigenvalue weighted by atomic mass is 35.5. The Morgan fingerprint density at radius 1 is 1.17 bits per heavy atom. The second kappa shape index (κ2) is 5.73. The minimum absolute atomic E-state index is 0.265. The van der Waals surface area contributed by atoms with Gasteiger partial charge in [0.2, 0.25) is 0 Å². The summed E-state index contributed by atoms with van der Waals surface area (Å²) in [6.07, 6.45) is 5.43. The first-order chi connectivity index (χ1) is 11.4. The fourth-order valence-corrected chi connectivity index (χ4v) is 5.07. The van der Waals surface area contributed by atoms with Gasteiger partial charge in [0.15, 0.2) is 0 Å². The van der Waals surface area contributed by atoms with Gasteiger partial charge in [-0.15, -0.1) is 11.3 Å². The van der Waals surface area contributed by atoms with E-state index in [2.05, 4.69) is 42.5 Å². The van der Waals surface area contributed by atoms with Crippen molar-refractivity contribution in [2.75, 3.05) is 0 Å². The van der Waals surface area contributed by atoms with Crippen molar-refractivity contribution in [2.45, 2.75) is 31.8 Å². The van der Waals surface area contributed by atoms with Crippen molar-refractivity contribution in [3.8, 4) is 0 Å². The van der Waals surface area contributed by atoms with E-state index in [1.807, 2.05) is 37.3 Å². The molecule has 1 N–H and O–H groups in total. The van der Waals surface area contributed by atoms with Gasteiger partial charge in [0.1, 0.15) is 0 Å². The van der Waals surface area contributed by atoms with Gasteiger partial charge in [0.05, 0.1) is 5.60 Å². The van der Waals surface area contributed by atoms with Gasteiger partial charge >= 0.3 is 0 Å². The van der Waals surface area contributed by atoms with E-state index in [9.17, 15) is 5.11 Å². The number of allylic oxidation sites excluding steroid dienone is 1. The highest BCUT2D eigenvalue weighted by Crippen LogP contribution is 2.46. The molecular weight excluding hydrogens is 336 g/mol. The normalized spacial score (nSPS) is 17.2. The van der Waals surface area contributed by atoms with E-state index >= 15 is 0 Å². The van der Waals surface area contributed by atoms with Crippen LogP contribution in [0.1, 0.15) is 47.8 Å². The van der Waals surface area contributed by atoms with Crippen LogP contribution < -0.4 is 0 Å². The molecule has 0 bridgehead atoms. The molecule has 1 heterocycles. The zero-order valence-electron chi connectivity index (χ0n) is 13.7. The fraction of sp³-hybridized carbons (Fsp3) is 0.238. The Bertz CT molecular complexity index is 946. The maximum Gasteiger partial charge on any atom is 0.0843 e. The monoisotopic (exact) mass is 354 g/mol. The van der Waals surface area contributed by atoms with Crippen molar-refractivity contribution >= 4 is 39.1 Å². The number of thiophene rings is 1. The molecule has 2 aromatic carbocycles. The molecule has 4 rings (SSSR count). The second-order valence-corrected chi connectivity index (χ2v) is 8.38. The third-order valence-corrected chi connectivity index (χ3v) is 6.22. The van der Waals surface area contributed by atoms with Crippen LogP contribution in [-0.2, 0) is 5.60 Å². The lowest BCUT2D eigenvalue weighted by Crippen LogP contribution is -2.20. The lowest BCUT2D eigenvalue weighted by atomic mass is 9.81. The Kier molecular flexibility index (Phi) is 3.80. The Hall–Kier alpha value is -1.61. The first-order valence-electron chi connectivity index (χ1n) is 8.15. The van der Waals surface area contributed by atoms with Crippen LogP contribution in [0.25, 0.3) is 16.2 Å². The number of hydrogen-bond donors (Lipinski definition) is 1. The predicted octanol–water partition coefficient (Wildman–Crippen LogP) is 6.33. The number of aliphatic hydroxyl groups is 1. The van der Waals surface area contributed by atoms with Crippen molar-refractivity contribution in [1.29, 1.82) is 0 Å². The molecule has 3 aromatic rings. The van der Waals surface area contributed by atoms with Crippen molar-refractivity contribution in [3.05, 3.63) is 75.1 Å². The molecule has 1 nitrogen and oxygen atoms in total. The third kappa shape index (κ3) is 2.59. The number of hydrogen-bond acceptors (Lipinski definition) is 2. The molecule has 1 aliphatic rings. The minimum atomic E-state index is -0.918. The minimum Gasteiger partial charge on any atom is -0.386 e. The van der Waals surface area contributed by atoms with E-state index < -0.39 is 5.60 Å². The van der Waals surface area contributed by atoms with Crippen molar-refractivity contribution in [1.82, 2.24) is 0 Å². The Morgan fingerprint density at radius 3 is 2.75 bits per heavy atom. The molecule has 0 saturated heterocycles. The van der Waals surface area contributed by atoms with Crippen LogP contribution in [0.5, 0.6) is 0 Å². The molecule has 0 aliphatic heterocycles. The molecule has 0 amide bonds. The molecule has 122 valence electrons. The highest BCUT2D eigenvalue weighted by molar-refractivity contribution is 7.19. The van der Waals surface area contributed by atoms with Gasteiger partial charge in [0.25, 0.3) is 0 Å². The first kappa shape index (κ1) is 15.9. The summed E-state index contributed by atoms with van der Waals surface area (Å²) >= 11 is 8.06. The van der Waals surface area contributed by atoms with E-state index in [0.29, 0.717) is 5.02 Å². The molecule has 0 fully saturated rings. The van der Waals surface area contributed by atoms with Gasteiger partial charge in [-0.2, -0.15) is 0 Å². The van der Waals surface area contributed by atoms with Gasteiger partial charge in [-0.3, -0.25) is 0 Å². The average Bonchev–Trinajstić information content (AvgIpc) is 2.93. The number of rotatable bonds is 2. The summed E-state index contributed by atoms with van der Waals surface area (Å²) in [6, 6.07) is 14.5. The van der Waals surface area contributed by atoms with Gasteiger partial charge in [-0.1, -0.05) is 48.0 Å². The standard InChI is InChI=1S/C21H19ClOS/c1-21(2,23)18-12-13(22)10-11-14(18)16-7-5-8-17-15-6-3-4-9-19(15)24-20(16)17/h3-6,8-12,16,23H,7H2,1-2H3. The van der Waals surface area contributed by atoms with E-state index in [4.69, 9.17) is 11.6 Å². The molecule has 24 heavy (non-hydrogen) atoms. The fourth-order valence-electron chi connectivity index (χ4n) is 3.57. The van der Waals surface area contributed by atoms with Gasteiger partial charge < -0.3 is 5.11 Å². The summed E-state index contributed by atoms with van der Waals surface area (Å²) in [7, 11) is 0. The van der Waals surface area contributed by atoms with E-state index in [1.165, 1.54) is 26.1 Å². The van der Waals surface area contributed by atoms with Gasteiger partial charge in [-0.25, -0.2) is 0 Å². The number of fused-ring (bicyclic) bond motifs is 3. The summed E-state index contributed by atoms with van der Waals surface area (Å²) in [6.45, 7) is 3.65. The Morgan fingerprint density at radius 2 is 1.96 bits per heavy atom. The van der Waals surface area contributed by atoms with Crippen LogP contribution in [-0.4, -0.2) is 5.11 Å². The summed E-state index contributed by atoms with van der Waals surface area (Å²) in [5, 5.41) is 12.6. The van der Waals surface area contributed by atoms with Crippen LogP contribution >= 0.6 is 22.9 Å². The van der Waals surface area contributed by atoms with E-state index in [-0.39, 0.29) is 5.92 Å². The summed E-state index contributed by atoms with van der Waals surface area (Å²) in [4.78, 5) is 1.38. The SMILES string of the molecule is CC(C)(O)c1cc(Cl)ccc1C1CC=Cc2c1sc1ccccc21. The zero-order chi connectivity index (χ0) is 16.9. The van der Waals surface area contributed by atoms with Crippen LogP contribution in [0.2, 0.25) is 5.02 Å². The van der Waals surface area contributed by atoms with Crippen LogP contribution in [0.15, 0.2) is 48.5 Å². The molecule has 1 atom stereocenters. The zero-order valence-corrected chi connectivity index (χ0v) is 15.3. The lowest BCUT2D eigenvalue weighted by Gasteiger charge is -2.27. The van der Waals surface area contributed by atoms with Crippen molar-refractivity contribution in [3.63, 3.8) is 0 Å². The molecule has 1 aliphatic carbocycles. The molecular formula is C21H19ClOS. The summed E-state index contributed by atoms with van der Waals surface area (Å²) in [5.41, 5.74) is 2.49. The first-order valence-corrected chi connectivity index (χ1v) is 9.35. The average molecular weight is 355 g/mol. The van der Waals surface area contributed by atoms with E-state index in [1.54, 1.807) is 0 Å². The maximum absolute atomic E-state index is 10.6. The molecule has 3 heteroatoms. The Balaban J connectivity index is 1.93. The van der Waals surface area contributed by atoms with Crippen LogP contribution in [0.3, 0.4) is 0 Å². The number of benzene rings is 2. The molecule has 0 saturated carbocycles.